The first-order valence-corrected chi connectivity index (χ1v) is 4.74. The molecule has 0 N–H and O–H groups in total. The molecule has 0 aromatic carbocycles. The van der Waals surface area contributed by atoms with Crippen molar-refractivity contribution in [3.05, 3.63) is 0 Å². The van der Waals surface area contributed by atoms with E-state index < -0.39 is 0 Å². The molecule has 11 heavy (non-hydrogen) atoms. The fraction of sp³-hybridized carbons (Fsp3) is 0.889. The lowest BCUT2D eigenvalue weighted by atomic mass is 10.1. The molecule has 0 heterocycles. The molecule has 2 heteroatoms. The second-order valence-electron chi connectivity index (χ2n) is 2.98. The topological polar surface area (TPSA) is 17.1 Å². The number of unbranched alkanes of at least 4 members (excludes halogenated alkanes) is 1. The van der Waals surface area contributed by atoms with Crippen LogP contribution in [0.3, 0.4) is 0 Å². The van der Waals surface area contributed by atoms with Gasteiger partial charge in [-0.15, -0.1) is 11.6 Å². The summed E-state index contributed by atoms with van der Waals surface area (Å²) in [5, 5.41) is 0.207. The van der Waals surface area contributed by atoms with Gasteiger partial charge in [-0.25, -0.2) is 0 Å². The summed E-state index contributed by atoms with van der Waals surface area (Å²) in [5.41, 5.74) is 0. The van der Waals surface area contributed by atoms with Gasteiger partial charge in [-0.2, -0.15) is 0 Å². The summed E-state index contributed by atoms with van der Waals surface area (Å²) >= 11 is 5.95. The molecule has 0 rings (SSSR count). The van der Waals surface area contributed by atoms with E-state index in [0.717, 1.165) is 12.8 Å². The van der Waals surface area contributed by atoms with E-state index in [9.17, 15) is 4.79 Å². The Hall–Kier alpha value is -0.0400. The molecule has 1 unspecified atom stereocenters. The number of carbonyl (C=O) groups excluding carboxylic acids is 1. The summed E-state index contributed by atoms with van der Waals surface area (Å²) in [5.74, 6) is 0.243. The maximum absolute atomic E-state index is 10.6. The van der Waals surface area contributed by atoms with Gasteiger partial charge < -0.3 is 4.79 Å². The minimum absolute atomic E-state index is 0.207. The van der Waals surface area contributed by atoms with Gasteiger partial charge in [0.1, 0.15) is 5.78 Å². The molecule has 0 bridgehead atoms. The highest BCUT2D eigenvalue weighted by atomic mass is 35.5. The molecule has 0 saturated heterocycles. The van der Waals surface area contributed by atoms with Crippen LogP contribution in [0.5, 0.6) is 0 Å². The molecule has 0 saturated carbocycles. The van der Waals surface area contributed by atoms with E-state index in [2.05, 4.69) is 6.92 Å². The zero-order chi connectivity index (χ0) is 8.69. The van der Waals surface area contributed by atoms with Gasteiger partial charge in [-0.1, -0.05) is 19.8 Å². The lowest BCUT2D eigenvalue weighted by Crippen LogP contribution is -2.01. The molecule has 1 atom stereocenters. The molecule has 0 fully saturated rings. The van der Waals surface area contributed by atoms with Crippen molar-refractivity contribution in [2.45, 2.75) is 51.3 Å². The molecule has 0 radical (unpaired) electrons. The normalized spacial score (nSPS) is 13.0. The van der Waals surface area contributed by atoms with Crippen molar-refractivity contribution < 1.29 is 4.79 Å². The average molecular weight is 177 g/mol. The zero-order valence-corrected chi connectivity index (χ0v) is 8.16. The number of hydrogen-bond acceptors (Lipinski definition) is 1. The Bertz CT molecular complexity index is 112. The Morgan fingerprint density at radius 1 is 1.45 bits per heavy atom. The van der Waals surface area contributed by atoms with Gasteiger partial charge in [0.05, 0.1) is 0 Å². The maximum Gasteiger partial charge on any atom is 0.129 e. The smallest absolute Gasteiger partial charge is 0.129 e. The number of alkyl halides is 1. The minimum Gasteiger partial charge on any atom is -0.300 e. The van der Waals surface area contributed by atoms with Crippen LogP contribution in [0.2, 0.25) is 0 Å². The summed E-state index contributed by atoms with van der Waals surface area (Å²) in [6, 6.07) is 0. The minimum atomic E-state index is 0.207. The summed E-state index contributed by atoms with van der Waals surface area (Å²) in [4.78, 5) is 10.6. The number of ketones is 1. The molecule has 0 aliphatic rings. The van der Waals surface area contributed by atoms with Crippen LogP contribution in [0.4, 0.5) is 0 Å². The van der Waals surface area contributed by atoms with Crippen LogP contribution in [-0.4, -0.2) is 11.2 Å². The molecule has 66 valence electrons. The van der Waals surface area contributed by atoms with E-state index in [1.54, 1.807) is 6.92 Å². The van der Waals surface area contributed by atoms with Gasteiger partial charge in [0.2, 0.25) is 0 Å². The Morgan fingerprint density at radius 2 is 2.09 bits per heavy atom. The van der Waals surface area contributed by atoms with Crippen LogP contribution in [0.1, 0.15) is 46.0 Å². The van der Waals surface area contributed by atoms with Crippen LogP contribution in [-0.2, 0) is 4.79 Å². The molecule has 0 aliphatic carbocycles. The highest BCUT2D eigenvalue weighted by Crippen LogP contribution is 2.13. The molecule has 0 aromatic rings. The number of rotatable bonds is 6. The van der Waals surface area contributed by atoms with Crippen LogP contribution in [0.15, 0.2) is 0 Å². The van der Waals surface area contributed by atoms with Crippen molar-refractivity contribution in [2.75, 3.05) is 0 Å². The highest BCUT2D eigenvalue weighted by molar-refractivity contribution is 6.20. The number of Topliss-reactive ketones (excluding diaryl/α,β-unsaturated/α-hetero) is 1. The third-order valence-electron chi connectivity index (χ3n) is 1.68. The van der Waals surface area contributed by atoms with E-state index >= 15 is 0 Å². The molecule has 1 nitrogen and oxygen atoms in total. The van der Waals surface area contributed by atoms with E-state index in [0.29, 0.717) is 6.42 Å². The second kappa shape index (κ2) is 6.66. The fourth-order valence-corrected chi connectivity index (χ4v) is 1.19. The summed E-state index contributed by atoms with van der Waals surface area (Å²) < 4.78 is 0. The predicted molar refractivity (Wildman–Crippen MR) is 49.1 cm³/mol. The molecule has 0 aliphatic heterocycles. The van der Waals surface area contributed by atoms with Gasteiger partial charge in [-0.05, 0) is 19.8 Å². The molecule has 0 spiro atoms. The number of carbonyl (C=O) groups is 1. The molecule has 0 aromatic heterocycles. The largest absolute Gasteiger partial charge is 0.300 e. The zero-order valence-electron chi connectivity index (χ0n) is 7.40. The van der Waals surface area contributed by atoms with E-state index in [-0.39, 0.29) is 11.2 Å². The van der Waals surface area contributed by atoms with Crippen molar-refractivity contribution in [3.8, 4) is 0 Å². The van der Waals surface area contributed by atoms with E-state index in [4.69, 9.17) is 11.6 Å². The van der Waals surface area contributed by atoms with Gasteiger partial charge in [0.15, 0.2) is 0 Å². The SMILES string of the molecule is CCCCC(Cl)CCC(C)=O. The lowest BCUT2D eigenvalue weighted by Gasteiger charge is -2.05. The fourth-order valence-electron chi connectivity index (χ4n) is 0.930. The first kappa shape index (κ1) is 11.0. The molecular formula is C9H17ClO. The van der Waals surface area contributed by atoms with Gasteiger partial charge >= 0.3 is 0 Å². The Morgan fingerprint density at radius 3 is 2.55 bits per heavy atom. The Balaban J connectivity index is 3.22. The van der Waals surface area contributed by atoms with Crippen molar-refractivity contribution in [2.24, 2.45) is 0 Å². The third kappa shape index (κ3) is 7.86. The van der Waals surface area contributed by atoms with Crippen LogP contribution < -0.4 is 0 Å². The summed E-state index contributed by atoms with van der Waals surface area (Å²) in [6.45, 7) is 3.76. The first-order chi connectivity index (χ1) is 5.16. The van der Waals surface area contributed by atoms with Crippen LogP contribution in [0, 0.1) is 0 Å². The van der Waals surface area contributed by atoms with Crippen molar-refractivity contribution in [3.63, 3.8) is 0 Å². The number of hydrogen-bond donors (Lipinski definition) is 0. The van der Waals surface area contributed by atoms with E-state index in [1.165, 1.54) is 12.8 Å². The molecular weight excluding hydrogens is 160 g/mol. The quantitative estimate of drug-likeness (QED) is 0.569. The highest BCUT2D eigenvalue weighted by Gasteiger charge is 2.04. The standard InChI is InChI=1S/C9H17ClO/c1-3-4-5-9(10)7-6-8(2)11/h9H,3-7H2,1-2H3. The van der Waals surface area contributed by atoms with Gasteiger partial charge in [0, 0.05) is 11.8 Å². The first-order valence-electron chi connectivity index (χ1n) is 4.30. The molecule has 0 amide bonds. The second-order valence-corrected chi connectivity index (χ2v) is 3.60. The van der Waals surface area contributed by atoms with Crippen LogP contribution >= 0.6 is 11.6 Å². The number of halogens is 1. The Labute approximate surface area is 74.1 Å². The van der Waals surface area contributed by atoms with Crippen molar-refractivity contribution in [1.29, 1.82) is 0 Å². The van der Waals surface area contributed by atoms with Crippen molar-refractivity contribution >= 4 is 17.4 Å². The van der Waals surface area contributed by atoms with E-state index in [1.807, 2.05) is 0 Å². The Kier molecular flexibility index (Phi) is 6.63. The van der Waals surface area contributed by atoms with Crippen molar-refractivity contribution in [1.82, 2.24) is 0 Å². The monoisotopic (exact) mass is 176 g/mol. The summed E-state index contributed by atoms with van der Waals surface area (Å²) in [6.07, 6.45) is 4.88. The third-order valence-corrected chi connectivity index (χ3v) is 2.12. The summed E-state index contributed by atoms with van der Waals surface area (Å²) in [7, 11) is 0. The van der Waals surface area contributed by atoms with Gasteiger partial charge in [0.25, 0.3) is 0 Å². The maximum atomic E-state index is 10.6. The van der Waals surface area contributed by atoms with Crippen LogP contribution in [0.25, 0.3) is 0 Å². The predicted octanol–water partition coefficient (Wildman–Crippen LogP) is 3.15. The average Bonchev–Trinajstić information content (AvgIpc) is 1.97. The van der Waals surface area contributed by atoms with Gasteiger partial charge in [-0.3, -0.25) is 0 Å². The lowest BCUT2D eigenvalue weighted by molar-refractivity contribution is -0.117.